The minimum atomic E-state index is -0.383. The number of anilines is 1. The van der Waals surface area contributed by atoms with Crippen molar-refractivity contribution in [3.8, 4) is 5.75 Å². The molecule has 1 saturated heterocycles. The molecule has 3 amide bonds. The van der Waals surface area contributed by atoms with E-state index in [1.54, 1.807) is 30.3 Å². The van der Waals surface area contributed by atoms with Crippen LogP contribution in [0.15, 0.2) is 71.6 Å². The maximum absolute atomic E-state index is 13.0. The second-order valence-corrected chi connectivity index (χ2v) is 9.51. The van der Waals surface area contributed by atoms with Crippen LogP contribution >= 0.6 is 23.4 Å². The van der Waals surface area contributed by atoms with Crippen molar-refractivity contribution in [1.82, 2.24) is 4.90 Å². The normalized spacial score (nSPS) is 14.5. The number of ether oxygens (including phenoxy) is 1. The van der Waals surface area contributed by atoms with Crippen LogP contribution < -0.4 is 10.1 Å². The van der Waals surface area contributed by atoms with Crippen molar-refractivity contribution < 1.29 is 19.1 Å². The van der Waals surface area contributed by atoms with Crippen molar-refractivity contribution in [3.05, 3.63) is 98.9 Å². The molecule has 6 nitrogen and oxygen atoms in total. The van der Waals surface area contributed by atoms with Crippen LogP contribution in [0.1, 0.15) is 22.3 Å². The Hall–Kier alpha value is -3.55. The lowest BCUT2D eigenvalue weighted by atomic mass is 10.1. The van der Waals surface area contributed by atoms with Crippen LogP contribution in [-0.4, -0.2) is 28.6 Å². The maximum atomic E-state index is 13.0. The van der Waals surface area contributed by atoms with Crippen LogP contribution in [0.4, 0.5) is 10.5 Å². The molecule has 0 saturated carbocycles. The number of carbonyl (C=O) groups is 3. The van der Waals surface area contributed by atoms with Crippen LogP contribution in [-0.2, 0) is 16.1 Å². The van der Waals surface area contributed by atoms with Gasteiger partial charge in [-0.1, -0.05) is 48.0 Å². The highest BCUT2D eigenvalue weighted by Gasteiger charge is 2.35. The topological polar surface area (TPSA) is 75.7 Å². The molecule has 178 valence electrons. The summed E-state index contributed by atoms with van der Waals surface area (Å²) >= 11 is 7.04. The fourth-order valence-corrected chi connectivity index (χ4v) is 4.57. The van der Waals surface area contributed by atoms with Gasteiger partial charge in [0, 0.05) is 16.3 Å². The van der Waals surface area contributed by atoms with Gasteiger partial charge in [-0.05, 0) is 78.7 Å². The third-order valence-corrected chi connectivity index (χ3v) is 6.52. The van der Waals surface area contributed by atoms with E-state index in [0.29, 0.717) is 22.0 Å². The van der Waals surface area contributed by atoms with E-state index >= 15 is 0 Å². The molecule has 1 fully saturated rings. The maximum Gasteiger partial charge on any atom is 0.293 e. The third kappa shape index (κ3) is 6.12. The summed E-state index contributed by atoms with van der Waals surface area (Å²) in [5, 5.41) is 2.88. The molecule has 8 heteroatoms. The van der Waals surface area contributed by atoms with E-state index in [2.05, 4.69) is 5.32 Å². The molecule has 35 heavy (non-hydrogen) atoms. The van der Waals surface area contributed by atoms with Gasteiger partial charge in [-0.3, -0.25) is 19.3 Å². The standard InChI is InChI=1S/C27H23ClN2O4S/c1-17-6-5-9-22(12-17)29-25(31)16-34-23-11-10-21(28)13-20(23)14-24-26(32)30(27(33)35-24)15-19-8-4-3-7-18(19)2/h3-14H,15-16H2,1-2H3,(H,29,31)/b24-14-. The van der Waals surface area contributed by atoms with E-state index in [0.717, 1.165) is 28.5 Å². The number of hydrogen-bond acceptors (Lipinski definition) is 5. The fraction of sp³-hybridized carbons (Fsp3) is 0.148. The molecule has 0 aromatic heterocycles. The zero-order valence-corrected chi connectivity index (χ0v) is 20.8. The SMILES string of the molecule is Cc1cccc(NC(=O)COc2ccc(Cl)cc2/C=C2\SC(=O)N(Cc3ccccc3C)C2=O)c1. The summed E-state index contributed by atoms with van der Waals surface area (Å²) in [6.07, 6.45) is 1.57. The lowest BCUT2D eigenvalue weighted by Gasteiger charge is -2.14. The first kappa shape index (κ1) is 24.6. The average Bonchev–Trinajstić information content (AvgIpc) is 3.07. The van der Waals surface area contributed by atoms with Crippen molar-refractivity contribution in [3.63, 3.8) is 0 Å². The number of hydrogen-bond donors (Lipinski definition) is 1. The number of aryl methyl sites for hydroxylation is 2. The Morgan fingerprint density at radius 2 is 1.86 bits per heavy atom. The Morgan fingerprint density at radius 1 is 1.06 bits per heavy atom. The average molecular weight is 507 g/mol. The molecule has 1 aliphatic heterocycles. The minimum Gasteiger partial charge on any atom is -0.483 e. The number of halogens is 1. The largest absolute Gasteiger partial charge is 0.483 e. The summed E-state index contributed by atoms with van der Waals surface area (Å²) < 4.78 is 5.73. The van der Waals surface area contributed by atoms with Gasteiger partial charge in [0.15, 0.2) is 6.61 Å². The summed E-state index contributed by atoms with van der Waals surface area (Å²) in [5.41, 5.74) is 4.12. The van der Waals surface area contributed by atoms with Crippen molar-refractivity contribution in [2.45, 2.75) is 20.4 Å². The number of thioether (sulfide) groups is 1. The van der Waals surface area contributed by atoms with Crippen molar-refractivity contribution in [2.75, 3.05) is 11.9 Å². The van der Waals surface area contributed by atoms with Crippen LogP contribution in [0.25, 0.3) is 6.08 Å². The van der Waals surface area contributed by atoms with E-state index < -0.39 is 0 Å². The molecule has 1 aliphatic rings. The highest BCUT2D eigenvalue weighted by molar-refractivity contribution is 8.18. The lowest BCUT2D eigenvalue weighted by molar-refractivity contribution is -0.123. The van der Waals surface area contributed by atoms with Gasteiger partial charge in [-0.25, -0.2) is 0 Å². The molecule has 1 N–H and O–H groups in total. The first-order valence-corrected chi connectivity index (χ1v) is 12.1. The van der Waals surface area contributed by atoms with Crippen molar-refractivity contribution in [1.29, 1.82) is 0 Å². The number of nitrogens with zero attached hydrogens (tertiary/aromatic N) is 1. The summed E-state index contributed by atoms with van der Waals surface area (Å²) in [5.74, 6) is -0.332. The summed E-state index contributed by atoms with van der Waals surface area (Å²) in [4.78, 5) is 39.4. The quantitative estimate of drug-likeness (QED) is 0.385. The zero-order chi connectivity index (χ0) is 24.9. The smallest absolute Gasteiger partial charge is 0.293 e. The summed E-state index contributed by atoms with van der Waals surface area (Å²) in [7, 11) is 0. The van der Waals surface area contributed by atoms with E-state index in [-0.39, 0.29) is 35.1 Å². The van der Waals surface area contributed by atoms with Crippen LogP contribution in [0.2, 0.25) is 5.02 Å². The number of carbonyl (C=O) groups excluding carboxylic acids is 3. The second kappa shape index (κ2) is 10.8. The van der Waals surface area contributed by atoms with E-state index in [1.165, 1.54) is 4.90 Å². The van der Waals surface area contributed by atoms with Gasteiger partial charge in [-0.15, -0.1) is 0 Å². The van der Waals surface area contributed by atoms with Crippen LogP contribution in [0, 0.1) is 13.8 Å². The van der Waals surface area contributed by atoms with Gasteiger partial charge in [0.25, 0.3) is 17.1 Å². The third-order valence-electron chi connectivity index (χ3n) is 5.38. The summed E-state index contributed by atoms with van der Waals surface area (Å²) in [6, 6.07) is 20.0. The highest BCUT2D eigenvalue weighted by atomic mass is 35.5. The van der Waals surface area contributed by atoms with Crippen LogP contribution in [0.5, 0.6) is 5.75 Å². The molecule has 3 aromatic rings. The highest BCUT2D eigenvalue weighted by Crippen LogP contribution is 2.36. The number of imide groups is 1. The predicted molar refractivity (Wildman–Crippen MR) is 139 cm³/mol. The number of rotatable bonds is 7. The predicted octanol–water partition coefficient (Wildman–Crippen LogP) is 6.21. The molecule has 0 atom stereocenters. The molecule has 0 aliphatic carbocycles. The van der Waals surface area contributed by atoms with E-state index in [1.807, 2.05) is 56.3 Å². The Balaban J connectivity index is 1.49. The molecule has 0 spiro atoms. The van der Waals surface area contributed by atoms with Gasteiger partial charge in [0.1, 0.15) is 5.75 Å². The molecule has 3 aromatic carbocycles. The Kier molecular flexibility index (Phi) is 7.58. The van der Waals surface area contributed by atoms with Gasteiger partial charge >= 0.3 is 0 Å². The van der Waals surface area contributed by atoms with Crippen molar-refractivity contribution >= 4 is 52.2 Å². The zero-order valence-electron chi connectivity index (χ0n) is 19.2. The van der Waals surface area contributed by atoms with Crippen LogP contribution in [0.3, 0.4) is 0 Å². The molecule has 0 bridgehead atoms. The molecule has 0 radical (unpaired) electrons. The number of benzene rings is 3. The Bertz CT molecular complexity index is 1340. The minimum absolute atomic E-state index is 0.201. The summed E-state index contributed by atoms with van der Waals surface area (Å²) in [6.45, 7) is 3.85. The fourth-order valence-electron chi connectivity index (χ4n) is 3.56. The number of amides is 3. The second-order valence-electron chi connectivity index (χ2n) is 8.08. The van der Waals surface area contributed by atoms with Gasteiger partial charge in [0.05, 0.1) is 11.4 Å². The molecule has 1 heterocycles. The van der Waals surface area contributed by atoms with Crippen molar-refractivity contribution in [2.24, 2.45) is 0 Å². The van der Waals surface area contributed by atoms with Gasteiger partial charge in [0.2, 0.25) is 0 Å². The van der Waals surface area contributed by atoms with E-state index in [9.17, 15) is 14.4 Å². The van der Waals surface area contributed by atoms with Gasteiger partial charge in [-0.2, -0.15) is 0 Å². The molecular formula is C27H23ClN2O4S. The van der Waals surface area contributed by atoms with Gasteiger partial charge < -0.3 is 10.1 Å². The molecule has 4 rings (SSSR count). The lowest BCUT2D eigenvalue weighted by Crippen LogP contribution is -2.27. The first-order valence-electron chi connectivity index (χ1n) is 10.9. The van der Waals surface area contributed by atoms with E-state index in [4.69, 9.17) is 16.3 Å². The molecule has 0 unspecified atom stereocenters. The molecular weight excluding hydrogens is 484 g/mol. The monoisotopic (exact) mass is 506 g/mol. The Morgan fingerprint density at radius 3 is 2.63 bits per heavy atom. The first-order chi connectivity index (χ1) is 16.8. The Labute approximate surface area is 212 Å². The number of nitrogens with one attached hydrogen (secondary N) is 1.